The number of rotatable bonds is 1. The molecule has 1 saturated carbocycles. The molecule has 0 bridgehead atoms. The Morgan fingerprint density at radius 3 is 2.67 bits per heavy atom. The summed E-state index contributed by atoms with van der Waals surface area (Å²) in [6.45, 7) is 0. The van der Waals surface area contributed by atoms with Crippen molar-refractivity contribution in [2.24, 2.45) is 5.92 Å². The van der Waals surface area contributed by atoms with Gasteiger partial charge in [0, 0.05) is 6.42 Å². The lowest BCUT2D eigenvalue weighted by Crippen LogP contribution is -2.57. The third-order valence-electron chi connectivity index (χ3n) is 4.45. The van der Waals surface area contributed by atoms with Crippen molar-refractivity contribution in [3.8, 4) is 0 Å². The molecule has 1 saturated heterocycles. The van der Waals surface area contributed by atoms with E-state index >= 15 is 0 Å². The Balaban J connectivity index is 2.09. The highest BCUT2D eigenvalue weighted by molar-refractivity contribution is 6.04. The van der Waals surface area contributed by atoms with Gasteiger partial charge in [0.15, 0.2) is 0 Å². The molecule has 3 nitrogen and oxygen atoms in total. The van der Waals surface area contributed by atoms with Crippen molar-refractivity contribution in [2.75, 3.05) is 0 Å². The van der Waals surface area contributed by atoms with Gasteiger partial charge in [-0.25, -0.2) is 0 Å². The second-order valence-electron chi connectivity index (χ2n) is 5.36. The summed E-state index contributed by atoms with van der Waals surface area (Å²) >= 11 is 0. The van der Waals surface area contributed by atoms with Crippen molar-refractivity contribution in [3.63, 3.8) is 0 Å². The fourth-order valence-corrected chi connectivity index (χ4v) is 3.58. The zero-order chi connectivity index (χ0) is 12.6. The average Bonchev–Trinajstić information content (AvgIpc) is 2.39. The number of carbonyl (C=O) groups is 2. The smallest absolute Gasteiger partial charge is 0.237 e. The molecule has 1 heterocycles. The topological polar surface area (TPSA) is 46.2 Å². The number of piperidine rings is 1. The highest BCUT2D eigenvalue weighted by atomic mass is 16.2. The summed E-state index contributed by atoms with van der Waals surface area (Å²) in [6, 6.07) is 9.95. The highest BCUT2D eigenvalue weighted by Crippen LogP contribution is 2.47. The summed E-state index contributed by atoms with van der Waals surface area (Å²) in [5.74, 6) is -0.0250. The second kappa shape index (κ2) is 4.23. The van der Waals surface area contributed by atoms with Crippen molar-refractivity contribution >= 4 is 11.8 Å². The first-order valence-electron chi connectivity index (χ1n) is 6.63. The minimum Gasteiger partial charge on any atom is -0.296 e. The van der Waals surface area contributed by atoms with Crippen LogP contribution in [0, 0.1) is 5.92 Å². The fraction of sp³-hybridized carbons (Fsp3) is 0.467. The number of benzene rings is 1. The van der Waals surface area contributed by atoms with Crippen LogP contribution in [0.5, 0.6) is 0 Å². The first-order valence-corrected chi connectivity index (χ1v) is 6.63. The lowest BCUT2D eigenvalue weighted by molar-refractivity contribution is -0.142. The number of fused-ring (bicyclic) bond motifs is 1. The molecular weight excluding hydrogens is 226 g/mol. The number of imide groups is 1. The summed E-state index contributed by atoms with van der Waals surface area (Å²) in [6.07, 6.45) is 4.52. The van der Waals surface area contributed by atoms with E-state index in [2.05, 4.69) is 5.32 Å². The van der Waals surface area contributed by atoms with Crippen LogP contribution in [0.1, 0.15) is 37.7 Å². The van der Waals surface area contributed by atoms with Crippen LogP contribution in [0.2, 0.25) is 0 Å². The Bertz CT molecular complexity index is 483. The maximum Gasteiger partial charge on any atom is 0.237 e. The van der Waals surface area contributed by atoms with Crippen molar-refractivity contribution in [3.05, 3.63) is 35.9 Å². The Kier molecular flexibility index (Phi) is 2.69. The molecule has 2 aliphatic rings. The molecule has 0 unspecified atom stereocenters. The van der Waals surface area contributed by atoms with E-state index in [4.69, 9.17) is 0 Å². The van der Waals surface area contributed by atoms with Gasteiger partial charge < -0.3 is 0 Å². The van der Waals surface area contributed by atoms with E-state index in [1.54, 1.807) is 0 Å². The van der Waals surface area contributed by atoms with Gasteiger partial charge in [-0.1, -0.05) is 43.2 Å². The maximum atomic E-state index is 12.4. The van der Waals surface area contributed by atoms with Gasteiger partial charge in [-0.05, 0) is 24.3 Å². The van der Waals surface area contributed by atoms with Crippen LogP contribution in [-0.2, 0) is 15.0 Å². The zero-order valence-corrected chi connectivity index (χ0v) is 10.3. The molecule has 0 radical (unpaired) electrons. The number of hydrogen-bond donors (Lipinski definition) is 1. The zero-order valence-electron chi connectivity index (χ0n) is 10.3. The van der Waals surface area contributed by atoms with Gasteiger partial charge in [0.05, 0.1) is 5.41 Å². The van der Waals surface area contributed by atoms with Crippen LogP contribution in [0.4, 0.5) is 0 Å². The minimum absolute atomic E-state index is 0.0883. The van der Waals surface area contributed by atoms with Crippen molar-refractivity contribution in [1.82, 2.24) is 5.32 Å². The van der Waals surface area contributed by atoms with Gasteiger partial charge in [-0.15, -0.1) is 0 Å². The fourth-order valence-electron chi connectivity index (χ4n) is 3.58. The number of nitrogens with one attached hydrogen (secondary N) is 1. The molecule has 1 aromatic carbocycles. The van der Waals surface area contributed by atoms with Gasteiger partial charge in [0.2, 0.25) is 11.8 Å². The first-order chi connectivity index (χ1) is 8.73. The predicted octanol–water partition coefficient (Wildman–Crippen LogP) is 2.16. The van der Waals surface area contributed by atoms with Crippen LogP contribution in [0.3, 0.4) is 0 Å². The summed E-state index contributed by atoms with van der Waals surface area (Å²) in [4.78, 5) is 24.0. The van der Waals surface area contributed by atoms with E-state index in [-0.39, 0.29) is 17.7 Å². The van der Waals surface area contributed by atoms with Gasteiger partial charge in [-0.2, -0.15) is 0 Å². The van der Waals surface area contributed by atoms with E-state index in [1.165, 1.54) is 0 Å². The van der Waals surface area contributed by atoms with Gasteiger partial charge in [-0.3, -0.25) is 14.9 Å². The molecule has 1 aliphatic carbocycles. The monoisotopic (exact) mass is 243 g/mol. The summed E-state index contributed by atoms with van der Waals surface area (Å²) in [7, 11) is 0. The van der Waals surface area contributed by atoms with Gasteiger partial charge in [0.25, 0.3) is 0 Å². The van der Waals surface area contributed by atoms with E-state index < -0.39 is 5.41 Å². The second-order valence-corrected chi connectivity index (χ2v) is 5.36. The maximum absolute atomic E-state index is 12.4. The van der Waals surface area contributed by atoms with E-state index in [9.17, 15) is 9.59 Å². The van der Waals surface area contributed by atoms with Crippen molar-refractivity contribution < 1.29 is 9.59 Å². The standard InChI is InChI=1S/C15H17NO2/c17-13-10-12-8-4-5-9-15(12,14(18)16-13)11-6-2-1-3-7-11/h1-3,6-7,12H,4-5,8-10H2,(H,16,17,18)/t12-,15+/m1/s1. The molecule has 0 aromatic heterocycles. The molecule has 0 spiro atoms. The predicted molar refractivity (Wildman–Crippen MR) is 67.8 cm³/mol. The molecule has 1 aliphatic heterocycles. The third kappa shape index (κ3) is 1.57. The molecule has 18 heavy (non-hydrogen) atoms. The number of hydrogen-bond acceptors (Lipinski definition) is 2. The largest absolute Gasteiger partial charge is 0.296 e. The third-order valence-corrected chi connectivity index (χ3v) is 4.45. The Morgan fingerprint density at radius 2 is 1.89 bits per heavy atom. The molecule has 94 valence electrons. The Labute approximate surface area is 107 Å². The van der Waals surface area contributed by atoms with Crippen LogP contribution in [0.25, 0.3) is 0 Å². The average molecular weight is 243 g/mol. The van der Waals surface area contributed by atoms with Gasteiger partial charge in [0.1, 0.15) is 0 Å². The molecule has 3 rings (SSSR count). The summed E-state index contributed by atoms with van der Waals surface area (Å²) in [5.41, 5.74) is 0.604. The van der Waals surface area contributed by atoms with Crippen LogP contribution < -0.4 is 5.32 Å². The molecular formula is C15H17NO2. The normalized spacial score (nSPS) is 31.7. The number of carbonyl (C=O) groups excluding carboxylic acids is 2. The van der Waals surface area contributed by atoms with Crippen LogP contribution in [0.15, 0.2) is 30.3 Å². The SMILES string of the molecule is O=C1C[C@H]2CCCC[C@@]2(c2ccccc2)C(=O)N1. The van der Waals surface area contributed by atoms with E-state index in [1.807, 2.05) is 30.3 Å². The molecule has 2 amide bonds. The molecule has 2 fully saturated rings. The minimum atomic E-state index is -0.465. The number of amides is 2. The van der Waals surface area contributed by atoms with Crippen molar-refractivity contribution in [2.45, 2.75) is 37.5 Å². The molecule has 2 atom stereocenters. The van der Waals surface area contributed by atoms with E-state index in [0.717, 1.165) is 31.2 Å². The van der Waals surface area contributed by atoms with Crippen LogP contribution >= 0.6 is 0 Å². The summed E-state index contributed by atoms with van der Waals surface area (Å²) in [5, 5.41) is 2.54. The van der Waals surface area contributed by atoms with Crippen molar-refractivity contribution in [1.29, 1.82) is 0 Å². The lowest BCUT2D eigenvalue weighted by Gasteiger charge is -2.45. The Hall–Kier alpha value is -1.64. The molecule has 1 aromatic rings. The van der Waals surface area contributed by atoms with E-state index in [0.29, 0.717) is 6.42 Å². The highest BCUT2D eigenvalue weighted by Gasteiger charge is 2.51. The Morgan fingerprint density at radius 1 is 1.11 bits per heavy atom. The lowest BCUT2D eigenvalue weighted by atomic mass is 9.59. The first kappa shape index (κ1) is 11.5. The molecule has 3 heteroatoms. The summed E-state index contributed by atoms with van der Waals surface area (Å²) < 4.78 is 0. The van der Waals surface area contributed by atoms with Crippen LogP contribution in [-0.4, -0.2) is 11.8 Å². The quantitative estimate of drug-likeness (QED) is 0.768. The molecule has 1 N–H and O–H groups in total. The van der Waals surface area contributed by atoms with Gasteiger partial charge >= 0.3 is 0 Å².